The molecule has 0 saturated carbocycles. The van der Waals surface area contributed by atoms with E-state index in [0.29, 0.717) is 47.6 Å². The van der Waals surface area contributed by atoms with Crippen LogP contribution >= 0.6 is 23.2 Å². The Kier molecular flexibility index (Phi) is 6.35. The van der Waals surface area contributed by atoms with Gasteiger partial charge in [0.15, 0.2) is 12.7 Å². The van der Waals surface area contributed by atoms with Crippen molar-refractivity contribution in [2.24, 2.45) is 5.92 Å². The van der Waals surface area contributed by atoms with Crippen molar-refractivity contribution < 1.29 is 19.1 Å². The van der Waals surface area contributed by atoms with Crippen LogP contribution in [0, 0.1) is 5.92 Å². The quantitative estimate of drug-likeness (QED) is 0.735. The molecule has 8 heteroatoms. The van der Waals surface area contributed by atoms with Crippen molar-refractivity contribution >= 4 is 35.0 Å². The number of fused-ring (bicyclic) bond motifs is 1. The first-order chi connectivity index (χ1) is 14.5. The van der Waals surface area contributed by atoms with Crippen molar-refractivity contribution in [2.75, 3.05) is 26.2 Å². The second kappa shape index (κ2) is 9.14. The highest BCUT2D eigenvalue weighted by Gasteiger charge is 2.31. The van der Waals surface area contributed by atoms with Gasteiger partial charge in [-0.25, -0.2) is 0 Å². The van der Waals surface area contributed by atoms with Crippen LogP contribution in [-0.2, 0) is 16.0 Å². The molecule has 30 heavy (non-hydrogen) atoms. The number of nitrogens with zero attached hydrogens (tertiary/aromatic N) is 1. The number of ether oxygens (including phenoxy) is 2. The Bertz CT molecular complexity index is 935. The number of carbonyl (C=O) groups excluding carboxylic acids is 2. The van der Waals surface area contributed by atoms with E-state index in [1.807, 2.05) is 6.07 Å². The average Bonchev–Trinajstić information content (AvgIpc) is 3.38. The van der Waals surface area contributed by atoms with Crippen LogP contribution in [-0.4, -0.2) is 49.1 Å². The molecule has 6 nitrogen and oxygen atoms in total. The molecule has 2 atom stereocenters. The molecule has 0 radical (unpaired) electrons. The summed E-state index contributed by atoms with van der Waals surface area (Å²) in [5, 5.41) is 4.21. The summed E-state index contributed by atoms with van der Waals surface area (Å²) in [5.41, 5.74) is 0.945. The predicted octanol–water partition coefficient (Wildman–Crippen LogP) is 3.34. The zero-order valence-electron chi connectivity index (χ0n) is 16.3. The predicted molar refractivity (Wildman–Crippen MR) is 114 cm³/mol. The summed E-state index contributed by atoms with van der Waals surface area (Å²) < 4.78 is 11.2. The number of hydrogen-bond acceptors (Lipinski definition) is 4. The van der Waals surface area contributed by atoms with E-state index < -0.39 is 6.10 Å². The fourth-order valence-electron chi connectivity index (χ4n) is 3.72. The zero-order valence-corrected chi connectivity index (χ0v) is 17.8. The number of amides is 2. The number of likely N-dealkylation sites (tertiary alicyclic amines) is 1. The minimum atomic E-state index is -0.537. The molecule has 158 valence electrons. The normalized spacial score (nSPS) is 19.9. The van der Waals surface area contributed by atoms with Crippen LogP contribution < -0.4 is 14.8 Å². The summed E-state index contributed by atoms with van der Waals surface area (Å²) in [5.74, 6) is 1.32. The highest BCUT2D eigenvalue weighted by atomic mass is 35.5. The van der Waals surface area contributed by atoms with Crippen LogP contribution in [0.15, 0.2) is 42.5 Å². The lowest BCUT2D eigenvalue weighted by Crippen LogP contribution is -2.40. The fourth-order valence-corrected chi connectivity index (χ4v) is 4.04. The highest BCUT2D eigenvalue weighted by molar-refractivity contribution is 6.30. The topological polar surface area (TPSA) is 67.9 Å². The molecule has 0 aromatic heterocycles. The molecule has 1 saturated heterocycles. The van der Waals surface area contributed by atoms with E-state index in [1.54, 1.807) is 41.3 Å². The van der Waals surface area contributed by atoms with Crippen LogP contribution in [0.5, 0.6) is 11.5 Å². The molecule has 1 fully saturated rings. The maximum absolute atomic E-state index is 12.5. The molecule has 2 heterocycles. The van der Waals surface area contributed by atoms with Gasteiger partial charge in [-0.05, 0) is 60.4 Å². The molecule has 2 aliphatic rings. The first-order valence-electron chi connectivity index (χ1n) is 9.87. The second-order valence-electron chi connectivity index (χ2n) is 7.54. The Morgan fingerprint density at radius 1 is 1.13 bits per heavy atom. The highest BCUT2D eigenvalue weighted by Crippen LogP contribution is 2.31. The lowest BCUT2D eigenvalue weighted by molar-refractivity contribution is -0.132. The molecular weight excluding hydrogens is 427 g/mol. The smallest absolute Gasteiger partial charge is 0.261 e. The number of rotatable bonds is 6. The van der Waals surface area contributed by atoms with E-state index in [2.05, 4.69) is 5.32 Å². The standard InChI is InChI=1S/C22H22Cl2N2O4/c23-16-1-4-18(5-2-16)29-13-21(27)26-8-7-14(12-26)11-25-22(28)20-10-15-9-17(24)3-6-19(15)30-20/h1-6,9,14,20H,7-8,10-13H2,(H,25,28). The van der Waals surface area contributed by atoms with Gasteiger partial charge in [0.25, 0.3) is 11.8 Å². The van der Waals surface area contributed by atoms with E-state index in [0.717, 1.165) is 12.0 Å². The molecule has 2 aliphatic heterocycles. The minimum absolute atomic E-state index is 0.0164. The number of halogens is 2. The molecule has 4 rings (SSSR count). The van der Waals surface area contributed by atoms with Crippen molar-refractivity contribution in [1.29, 1.82) is 0 Å². The second-order valence-corrected chi connectivity index (χ2v) is 8.42. The van der Waals surface area contributed by atoms with Gasteiger partial charge in [-0.1, -0.05) is 23.2 Å². The number of hydrogen-bond donors (Lipinski definition) is 1. The third kappa shape index (κ3) is 4.99. The minimum Gasteiger partial charge on any atom is -0.484 e. The third-order valence-electron chi connectivity index (χ3n) is 5.37. The monoisotopic (exact) mass is 448 g/mol. The molecular formula is C22H22Cl2N2O4. The fraction of sp³-hybridized carbons (Fsp3) is 0.364. The molecule has 1 N–H and O–H groups in total. The van der Waals surface area contributed by atoms with Gasteiger partial charge in [-0.15, -0.1) is 0 Å². The van der Waals surface area contributed by atoms with Crippen LogP contribution in [0.2, 0.25) is 10.0 Å². The lowest BCUT2D eigenvalue weighted by atomic mass is 10.1. The number of benzene rings is 2. The Labute approximate surface area is 185 Å². The van der Waals surface area contributed by atoms with Crippen molar-refractivity contribution in [2.45, 2.75) is 18.9 Å². The maximum atomic E-state index is 12.5. The summed E-state index contributed by atoms with van der Waals surface area (Å²) in [6.45, 7) is 1.76. The molecule has 2 aromatic carbocycles. The SMILES string of the molecule is O=C(NCC1CCN(C(=O)COc2ccc(Cl)cc2)C1)C1Cc2cc(Cl)ccc2O1. The maximum Gasteiger partial charge on any atom is 0.261 e. The first-order valence-corrected chi connectivity index (χ1v) is 10.6. The summed E-state index contributed by atoms with van der Waals surface area (Å²) in [7, 11) is 0. The summed E-state index contributed by atoms with van der Waals surface area (Å²) in [4.78, 5) is 26.6. The van der Waals surface area contributed by atoms with E-state index in [1.165, 1.54) is 0 Å². The molecule has 0 spiro atoms. The van der Waals surface area contributed by atoms with Crippen molar-refractivity contribution in [3.63, 3.8) is 0 Å². The zero-order chi connectivity index (χ0) is 21.1. The van der Waals surface area contributed by atoms with Gasteiger partial charge in [-0.3, -0.25) is 9.59 Å². The van der Waals surface area contributed by atoms with E-state index in [9.17, 15) is 9.59 Å². The van der Waals surface area contributed by atoms with Gasteiger partial charge in [0.2, 0.25) is 0 Å². The summed E-state index contributed by atoms with van der Waals surface area (Å²) in [6, 6.07) is 12.3. The number of carbonyl (C=O) groups is 2. The van der Waals surface area contributed by atoms with Crippen molar-refractivity contribution in [3.8, 4) is 11.5 Å². The van der Waals surface area contributed by atoms with Crippen LogP contribution in [0.1, 0.15) is 12.0 Å². The Morgan fingerprint density at radius 3 is 2.70 bits per heavy atom. The summed E-state index contributed by atoms with van der Waals surface area (Å²) in [6.07, 6.45) is 0.818. The average molecular weight is 449 g/mol. The van der Waals surface area contributed by atoms with Crippen LogP contribution in [0.3, 0.4) is 0 Å². The van der Waals surface area contributed by atoms with E-state index in [-0.39, 0.29) is 24.3 Å². The van der Waals surface area contributed by atoms with Crippen LogP contribution in [0.25, 0.3) is 0 Å². The van der Waals surface area contributed by atoms with Crippen LogP contribution in [0.4, 0.5) is 0 Å². The van der Waals surface area contributed by atoms with Gasteiger partial charge in [0, 0.05) is 36.1 Å². The Morgan fingerprint density at radius 2 is 1.90 bits per heavy atom. The van der Waals surface area contributed by atoms with Crippen molar-refractivity contribution in [1.82, 2.24) is 10.2 Å². The largest absolute Gasteiger partial charge is 0.484 e. The summed E-state index contributed by atoms with van der Waals surface area (Å²) >= 11 is 11.8. The van der Waals surface area contributed by atoms with Gasteiger partial charge in [-0.2, -0.15) is 0 Å². The first kappa shape index (κ1) is 20.8. The molecule has 2 unspecified atom stereocenters. The van der Waals surface area contributed by atoms with Gasteiger partial charge in [0.1, 0.15) is 11.5 Å². The Balaban J connectivity index is 1.19. The molecule has 2 aromatic rings. The third-order valence-corrected chi connectivity index (χ3v) is 5.86. The van der Waals surface area contributed by atoms with Gasteiger partial charge >= 0.3 is 0 Å². The van der Waals surface area contributed by atoms with Crippen molar-refractivity contribution in [3.05, 3.63) is 58.1 Å². The van der Waals surface area contributed by atoms with Gasteiger partial charge < -0.3 is 19.7 Å². The molecule has 2 amide bonds. The number of nitrogens with one attached hydrogen (secondary N) is 1. The van der Waals surface area contributed by atoms with E-state index >= 15 is 0 Å². The lowest BCUT2D eigenvalue weighted by Gasteiger charge is -2.18. The Hall–Kier alpha value is -2.44. The molecule has 0 bridgehead atoms. The van der Waals surface area contributed by atoms with Gasteiger partial charge in [0.05, 0.1) is 0 Å². The van der Waals surface area contributed by atoms with E-state index in [4.69, 9.17) is 32.7 Å². The molecule has 0 aliphatic carbocycles.